The minimum absolute atomic E-state index is 0.470. The van der Waals surface area contributed by atoms with Crippen molar-refractivity contribution >= 4 is 27.7 Å². The average molecular weight is 304 g/mol. The van der Waals surface area contributed by atoms with E-state index in [1.807, 2.05) is 6.92 Å². The molecule has 2 rings (SSSR count). The van der Waals surface area contributed by atoms with Crippen LogP contribution in [0.3, 0.4) is 0 Å². The molecule has 1 saturated carbocycles. The molecule has 0 atom stereocenters. The van der Waals surface area contributed by atoms with Gasteiger partial charge in [-0.15, -0.1) is 5.10 Å². The summed E-state index contributed by atoms with van der Waals surface area (Å²) < 4.78 is 0. The van der Waals surface area contributed by atoms with Crippen molar-refractivity contribution in [2.45, 2.75) is 44.2 Å². The largest absolute Gasteiger partial charge is 0.262 e. The predicted octanol–water partition coefficient (Wildman–Crippen LogP) is 3.55. The topological polar surface area (TPSA) is 41.6 Å². The van der Waals surface area contributed by atoms with E-state index in [1.54, 1.807) is 11.8 Å². The van der Waals surface area contributed by atoms with E-state index in [0.717, 1.165) is 22.1 Å². The number of aromatic amines is 1. The summed E-state index contributed by atoms with van der Waals surface area (Å²) in [6.07, 6.45) is 6.83. The molecule has 0 bridgehead atoms. The molecule has 1 heterocycles. The number of rotatable bonds is 4. The summed E-state index contributed by atoms with van der Waals surface area (Å²) in [7, 11) is 0. The molecule has 1 fully saturated rings. The van der Waals surface area contributed by atoms with Gasteiger partial charge in [0.05, 0.1) is 0 Å². The molecule has 0 spiro atoms. The Hall–Kier alpha value is -0.0300. The third-order valence-electron chi connectivity index (χ3n) is 3.28. The van der Waals surface area contributed by atoms with Gasteiger partial charge in [0.15, 0.2) is 0 Å². The lowest BCUT2D eigenvalue weighted by Gasteiger charge is -2.35. The Labute approximate surface area is 109 Å². The zero-order chi connectivity index (χ0) is 11.4. The van der Waals surface area contributed by atoms with Gasteiger partial charge in [-0.3, -0.25) is 5.10 Å². The fraction of sp³-hybridized carbons (Fsp3) is 0.818. The highest BCUT2D eigenvalue weighted by molar-refractivity contribution is 9.09. The molecule has 1 N–H and O–H groups in total. The molecular weight excluding hydrogens is 286 g/mol. The maximum Gasteiger partial charge on any atom is 0.208 e. The zero-order valence-corrected chi connectivity index (χ0v) is 12.0. The molecular formula is C11H18BrN3S. The van der Waals surface area contributed by atoms with Crippen LogP contribution in [0.15, 0.2) is 5.16 Å². The number of aromatic nitrogens is 3. The van der Waals surface area contributed by atoms with Crippen molar-refractivity contribution < 1.29 is 0 Å². The molecule has 5 heteroatoms. The number of H-pyrrole nitrogens is 1. The quantitative estimate of drug-likeness (QED) is 0.683. The molecule has 90 valence electrons. The van der Waals surface area contributed by atoms with Crippen LogP contribution in [0.4, 0.5) is 0 Å². The van der Waals surface area contributed by atoms with Crippen molar-refractivity contribution in [3.05, 3.63) is 5.82 Å². The summed E-state index contributed by atoms with van der Waals surface area (Å²) in [5, 5.41) is 9.07. The molecule has 0 aromatic carbocycles. The van der Waals surface area contributed by atoms with Gasteiger partial charge in [0.1, 0.15) is 5.82 Å². The minimum atomic E-state index is 0.470. The molecule has 0 amide bonds. The average Bonchev–Trinajstić information content (AvgIpc) is 2.74. The third-order valence-corrected chi connectivity index (χ3v) is 5.67. The van der Waals surface area contributed by atoms with Crippen LogP contribution in [0.5, 0.6) is 0 Å². The smallest absolute Gasteiger partial charge is 0.208 e. The normalized spacial score (nSPS) is 19.9. The Kier molecular flexibility index (Phi) is 4.30. The van der Waals surface area contributed by atoms with Gasteiger partial charge < -0.3 is 0 Å². The number of hydrogen-bond acceptors (Lipinski definition) is 3. The lowest BCUT2D eigenvalue weighted by molar-refractivity contribution is 0.260. The van der Waals surface area contributed by atoms with Crippen molar-refractivity contribution in [1.82, 2.24) is 15.2 Å². The third kappa shape index (κ3) is 3.00. The van der Waals surface area contributed by atoms with Crippen LogP contribution in [-0.2, 0) is 0 Å². The first-order valence-corrected chi connectivity index (χ1v) is 7.93. The summed E-state index contributed by atoms with van der Waals surface area (Å²) in [5.74, 6) is 2.04. The summed E-state index contributed by atoms with van der Waals surface area (Å²) in [6, 6.07) is 0. The first-order valence-electron chi connectivity index (χ1n) is 5.82. The first-order chi connectivity index (χ1) is 7.74. The highest BCUT2D eigenvalue weighted by Crippen LogP contribution is 2.41. The molecule has 16 heavy (non-hydrogen) atoms. The molecule has 1 aromatic rings. The van der Waals surface area contributed by atoms with E-state index in [9.17, 15) is 0 Å². The van der Waals surface area contributed by atoms with E-state index in [0.29, 0.717) is 5.41 Å². The number of hydrogen-bond donors (Lipinski definition) is 1. The predicted molar refractivity (Wildman–Crippen MR) is 71.2 cm³/mol. The Morgan fingerprint density at radius 2 is 2.12 bits per heavy atom. The lowest BCUT2D eigenvalue weighted by Crippen LogP contribution is -2.28. The van der Waals surface area contributed by atoms with Crippen LogP contribution in [0.1, 0.15) is 37.9 Å². The van der Waals surface area contributed by atoms with Crippen LogP contribution < -0.4 is 0 Å². The van der Waals surface area contributed by atoms with Crippen LogP contribution in [0.25, 0.3) is 0 Å². The van der Waals surface area contributed by atoms with E-state index in [1.165, 1.54) is 32.1 Å². The van der Waals surface area contributed by atoms with Crippen molar-refractivity contribution in [2.24, 2.45) is 5.41 Å². The summed E-state index contributed by atoms with van der Waals surface area (Å²) in [5.41, 5.74) is 0.470. The van der Waals surface area contributed by atoms with Crippen molar-refractivity contribution in [3.63, 3.8) is 0 Å². The maximum absolute atomic E-state index is 4.34. The van der Waals surface area contributed by atoms with E-state index < -0.39 is 0 Å². The molecule has 0 aliphatic heterocycles. The number of nitrogens with one attached hydrogen (secondary N) is 1. The van der Waals surface area contributed by atoms with Crippen LogP contribution in [-0.4, -0.2) is 26.3 Å². The van der Waals surface area contributed by atoms with Crippen LogP contribution in [0, 0.1) is 12.3 Å². The number of alkyl halides is 1. The molecule has 0 saturated heterocycles. The fourth-order valence-electron chi connectivity index (χ4n) is 2.22. The Morgan fingerprint density at radius 3 is 2.69 bits per heavy atom. The summed E-state index contributed by atoms with van der Waals surface area (Å²) in [4.78, 5) is 4.34. The van der Waals surface area contributed by atoms with E-state index in [2.05, 4.69) is 31.1 Å². The van der Waals surface area contributed by atoms with Gasteiger partial charge in [-0.2, -0.15) is 0 Å². The van der Waals surface area contributed by atoms with Crippen LogP contribution >= 0.6 is 27.7 Å². The molecule has 0 unspecified atom stereocenters. The van der Waals surface area contributed by atoms with Gasteiger partial charge >= 0.3 is 0 Å². The Morgan fingerprint density at radius 1 is 1.38 bits per heavy atom. The number of aryl methyl sites for hydroxylation is 1. The SMILES string of the molecule is Cc1nc(SCC2(CBr)CCCCC2)n[nH]1. The number of nitrogens with zero attached hydrogens (tertiary/aromatic N) is 2. The molecule has 3 nitrogen and oxygen atoms in total. The minimum Gasteiger partial charge on any atom is -0.262 e. The second kappa shape index (κ2) is 5.54. The fourth-order valence-corrected chi connectivity index (χ4v) is 4.38. The summed E-state index contributed by atoms with van der Waals surface area (Å²) >= 11 is 5.47. The Balaban J connectivity index is 1.91. The van der Waals surface area contributed by atoms with Gasteiger partial charge in [-0.05, 0) is 25.2 Å². The number of thioether (sulfide) groups is 1. The van der Waals surface area contributed by atoms with E-state index in [-0.39, 0.29) is 0 Å². The molecule has 1 aromatic heterocycles. The van der Waals surface area contributed by atoms with Crippen molar-refractivity contribution in [2.75, 3.05) is 11.1 Å². The van der Waals surface area contributed by atoms with Crippen molar-refractivity contribution in [1.29, 1.82) is 0 Å². The maximum atomic E-state index is 4.34. The second-order valence-electron chi connectivity index (χ2n) is 4.69. The second-order valence-corrected chi connectivity index (χ2v) is 6.19. The van der Waals surface area contributed by atoms with Gasteiger partial charge in [-0.1, -0.05) is 47.0 Å². The van der Waals surface area contributed by atoms with Gasteiger partial charge in [0.25, 0.3) is 0 Å². The zero-order valence-electron chi connectivity index (χ0n) is 9.63. The van der Waals surface area contributed by atoms with Crippen molar-refractivity contribution in [3.8, 4) is 0 Å². The lowest BCUT2D eigenvalue weighted by atomic mass is 9.77. The molecule has 0 radical (unpaired) electrons. The van der Waals surface area contributed by atoms with Gasteiger partial charge in [0, 0.05) is 11.1 Å². The Bertz CT molecular complexity index is 334. The van der Waals surface area contributed by atoms with Gasteiger partial charge in [-0.25, -0.2) is 4.98 Å². The van der Waals surface area contributed by atoms with Crippen LogP contribution in [0.2, 0.25) is 0 Å². The standard InChI is InChI=1S/C11H18BrN3S/c1-9-13-10(15-14-9)16-8-11(7-12)5-3-2-4-6-11/h2-8H2,1H3,(H,13,14,15). The first kappa shape index (κ1) is 12.4. The monoisotopic (exact) mass is 303 g/mol. The number of halogens is 1. The van der Waals surface area contributed by atoms with E-state index >= 15 is 0 Å². The molecule has 1 aliphatic carbocycles. The summed E-state index contributed by atoms with van der Waals surface area (Å²) in [6.45, 7) is 1.94. The highest BCUT2D eigenvalue weighted by Gasteiger charge is 2.31. The van der Waals surface area contributed by atoms with Gasteiger partial charge in [0.2, 0.25) is 5.16 Å². The van der Waals surface area contributed by atoms with E-state index in [4.69, 9.17) is 0 Å². The highest BCUT2D eigenvalue weighted by atomic mass is 79.9. The molecule has 1 aliphatic rings.